The van der Waals surface area contributed by atoms with Crippen LogP contribution >= 0.6 is 0 Å². The summed E-state index contributed by atoms with van der Waals surface area (Å²) in [5.41, 5.74) is 14.8. The van der Waals surface area contributed by atoms with Crippen LogP contribution in [0.15, 0.2) is 72.8 Å². The zero-order valence-corrected chi connectivity index (χ0v) is 12.4. The molecule has 0 heterocycles. The minimum atomic E-state index is -0.528. The second-order valence-electron chi connectivity index (χ2n) is 5.06. The van der Waals surface area contributed by atoms with E-state index in [0.717, 1.165) is 11.1 Å². The Balaban J connectivity index is 1.93. The van der Waals surface area contributed by atoms with Crippen LogP contribution in [0.25, 0.3) is 11.1 Å². The number of hydrogen-bond donors (Lipinski definition) is 2. The molecule has 0 saturated heterocycles. The van der Waals surface area contributed by atoms with Gasteiger partial charge in [-0.3, -0.25) is 0 Å². The SMILES string of the molecule is Nc1c(C(=O)Oc2ccccc2)ccc(-c2ccccc2)c1N. The first-order valence-electron chi connectivity index (χ1n) is 7.17. The van der Waals surface area contributed by atoms with Crippen molar-refractivity contribution in [2.75, 3.05) is 11.5 Å². The number of para-hydroxylation sites is 1. The number of esters is 1. The van der Waals surface area contributed by atoms with E-state index in [2.05, 4.69) is 0 Å². The third-order valence-corrected chi connectivity index (χ3v) is 3.55. The molecule has 4 nitrogen and oxygen atoms in total. The van der Waals surface area contributed by atoms with Crippen molar-refractivity contribution in [1.82, 2.24) is 0 Å². The number of nitrogen functional groups attached to an aromatic ring is 2. The predicted molar refractivity (Wildman–Crippen MR) is 92.1 cm³/mol. The average molecular weight is 304 g/mol. The highest BCUT2D eigenvalue weighted by Gasteiger charge is 2.17. The molecule has 114 valence electrons. The Morgan fingerprint density at radius 3 is 2.00 bits per heavy atom. The lowest BCUT2D eigenvalue weighted by Gasteiger charge is -2.12. The molecule has 3 rings (SSSR count). The molecule has 0 amide bonds. The summed E-state index contributed by atoms with van der Waals surface area (Å²) < 4.78 is 5.31. The third-order valence-electron chi connectivity index (χ3n) is 3.55. The second-order valence-corrected chi connectivity index (χ2v) is 5.06. The summed E-state index contributed by atoms with van der Waals surface area (Å²) in [6, 6.07) is 21.9. The first kappa shape index (κ1) is 14.7. The molecule has 0 spiro atoms. The van der Waals surface area contributed by atoms with E-state index in [-0.39, 0.29) is 11.3 Å². The number of carbonyl (C=O) groups excluding carboxylic acids is 1. The largest absolute Gasteiger partial charge is 0.423 e. The normalized spacial score (nSPS) is 10.3. The number of rotatable bonds is 3. The van der Waals surface area contributed by atoms with Crippen LogP contribution in [0, 0.1) is 0 Å². The van der Waals surface area contributed by atoms with E-state index in [0.29, 0.717) is 11.4 Å². The fourth-order valence-electron chi connectivity index (χ4n) is 2.33. The van der Waals surface area contributed by atoms with Gasteiger partial charge in [0.1, 0.15) is 5.75 Å². The van der Waals surface area contributed by atoms with Gasteiger partial charge in [-0.2, -0.15) is 0 Å². The fourth-order valence-corrected chi connectivity index (χ4v) is 2.33. The lowest BCUT2D eigenvalue weighted by atomic mass is 10.00. The Morgan fingerprint density at radius 2 is 1.35 bits per heavy atom. The molecule has 0 aliphatic rings. The van der Waals surface area contributed by atoms with Gasteiger partial charge in [0, 0.05) is 5.56 Å². The van der Waals surface area contributed by atoms with Crippen LogP contribution < -0.4 is 16.2 Å². The van der Waals surface area contributed by atoms with Crippen LogP contribution in [-0.2, 0) is 0 Å². The highest BCUT2D eigenvalue weighted by atomic mass is 16.5. The van der Waals surface area contributed by atoms with Gasteiger partial charge in [0.15, 0.2) is 0 Å². The Bertz CT molecular complexity index is 831. The molecule has 0 aliphatic heterocycles. The molecule has 0 bridgehead atoms. The van der Waals surface area contributed by atoms with Gasteiger partial charge in [-0.05, 0) is 23.8 Å². The molecule has 0 radical (unpaired) electrons. The summed E-state index contributed by atoms with van der Waals surface area (Å²) in [6.07, 6.45) is 0. The Hall–Kier alpha value is -3.27. The fraction of sp³-hybridized carbons (Fsp3) is 0. The first-order valence-corrected chi connectivity index (χ1v) is 7.17. The van der Waals surface area contributed by atoms with Gasteiger partial charge in [0.2, 0.25) is 0 Å². The van der Waals surface area contributed by atoms with Crippen molar-refractivity contribution in [3.63, 3.8) is 0 Å². The Labute approximate surface area is 134 Å². The Kier molecular flexibility index (Phi) is 3.97. The number of hydrogen-bond acceptors (Lipinski definition) is 4. The van der Waals surface area contributed by atoms with Crippen LogP contribution in [0.3, 0.4) is 0 Å². The van der Waals surface area contributed by atoms with Crippen molar-refractivity contribution in [1.29, 1.82) is 0 Å². The summed E-state index contributed by atoms with van der Waals surface area (Å²) in [4.78, 5) is 12.3. The molecular weight excluding hydrogens is 288 g/mol. The molecule has 0 fully saturated rings. The first-order chi connectivity index (χ1) is 11.2. The smallest absolute Gasteiger partial charge is 0.345 e. The summed E-state index contributed by atoms with van der Waals surface area (Å²) in [7, 11) is 0. The van der Waals surface area contributed by atoms with Crippen LogP contribution in [0.1, 0.15) is 10.4 Å². The number of carbonyl (C=O) groups is 1. The topological polar surface area (TPSA) is 78.3 Å². The molecule has 4 N–H and O–H groups in total. The molecule has 0 aliphatic carbocycles. The van der Waals surface area contributed by atoms with Crippen molar-refractivity contribution in [2.45, 2.75) is 0 Å². The summed E-state index contributed by atoms with van der Waals surface area (Å²) in [5.74, 6) is -0.0670. The van der Waals surface area contributed by atoms with Gasteiger partial charge >= 0.3 is 5.97 Å². The minimum Gasteiger partial charge on any atom is -0.423 e. The van der Waals surface area contributed by atoms with Gasteiger partial charge in [0.25, 0.3) is 0 Å². The number of anilines is 2. The van der Waals surface area contributed by atoms with Crippen LogP contribution in [0.5, 0.6) is 5.75 Å². The molecule has 0 saturated carbocycles. The molecule has 0 aromatic heterocycles. The zero-order valence-electron chi connectivity index (χ0n) is 12.4. The maximum absolute atomic E-state index is 12.3. The van der Waals surface area contributed by atoms with Gasteiger partial charge in [0.05, 0.1) is 16.9 Å². The van der Waals surface area contributed by atoms with Crippen molar-refractivity contribution in [3.05, 3.63) is 78.4 Å². The number of benzene rings is 3. The van der Waals surface area contributed by atoms with Crippen LogP contribution in [-0.4, -0.2) is 5.97 Å². The monoisotopic (exact) mass is 304 g/mol. The van der Waals surface area contributed by atoms with Crippen molar-refractivity contribution < 1.29 is 9.53 Å². The quantitative estimate of drug-likeness (QED) is 0.439. The van der Waals surface area contributed by atoms with Gasteiger partial charge in [-0.25, -0.2) is 4.79 Å². The van der Waals surface area contributed by atoms with Crippen LogP contribution in [0.2, 0.25) is 0 Å². The van der Waals surface area contributed by atoms with Crippen LogP contribution in [0.4, 0.5) is 11.4 Å². The van der Waals surface area contributed by atoms with Gasteiger partial charge < -0.3 is 16.2 Å². The van der Waals surface area contributed by atoms with E-state index in [1.54, 1.807) is 36.4 Å². The summed E-state index contributed by atoms with van der Waals surface area (Å²) >= 11 is 0. The van der Waals surface area contributed by atoms with Gasteiger partial charge in [-0.1, -0.05) is 54.6 Å². The molecule has 0 unspecified atom stereocenters. The van der Waals surface area contributed by atoms with E-state index in [4.69, 9.17) is 16.2 Å². The lowest BCUT2D eigenvalue weighted by Crippen LogP contribution is -2.13. The van der Waals surface area contributed by atoms with E-state index >= 15 is 0 Å². The standard InChI is InChI=1S/C19H16N2O2/c20-17-15(13-7-3-1-4-8-13)11-12-16(18(17)21)19(22)23-14-9-5-2-6-10-14/h1-12H,20-21H2. The maximum Gasteiger partial charge on any atom is 0.345 e. The zero-order chi connectivity index (χ0) is 16.2. The number of nitrogens with two attached hydrogens (primary N) is 2. The molecule has 4 heteroatoms. The Morgan fingerprint density at radius 1 is 0.739 bits per heavy atom. The molecule has 0 atom stereocenters. The minimum absolute atomic E-state index is 0.229. The van der Waals surface area contributed by atoms with Crippen molar-refractivity contribution >= 4 is 17.3 Å². The van der Waals surface area contributed by atoms with Crippen molar-refractivity contribution in [2.24, 2.45) is 0 Å². The molecule has 23 heavy (non-hydrogen) atoms. The maximum atomic E-state index is 12.3. The van der Waals surface area contributed by atoms with E-state index in [9.17, 15) is 4.79 Å². The van der Waals surface area contributed by atoms with E-state index in [1.807, 2.05) is 36.4 Å². The van der Waals surface area contributed by atoms with Gasteiger partial charge in [-0.15, -0.1) is 0 Å². The molecular formula is C19H16N2O2. The highest BCUT2D eigenvalue weighted by molar-refractivity contribution is 6.02. The second kappa shape index (κ2) is 6.23. The number of ether oxygens (including phenoxy) is 1. The third kappa shape index (κ3) is 3.01. The average Bonchev–Trinajstić information content (AvgIpc) is 2.59. The predicted octanol–water partition coefficient (Wildman–Crippen LogP) is 3.74. The lowest BCUT2D eigenvalue weighted by molar-refractivity contribution is 0.0736. The van der Waals surface area contributed by atoms with E-state index in [1.165, 1.54) is 0 Å². The van der Waals surface area contributed by atoms with Crippen molar-refractivity contribution in [3.8, 4) is 16.9 Å². The van der Waals surface area contributed by atoms with E-state index < -0.39 is 5.97 Å². The highest BCUT2D eigenvalue weighted by Crippen LogP contribution is 2.33. The summed E-state index contributed by atoms with van der Waals surface area (Å²) in [6.45, 7) is 0. The summed E-state index contributed by atoms with van der Waals surface area (Å²) in [5, 5.41) is 0. The molecule has 3 aromatic rings. The molecule has 3 aromatic carbocycles.